The number of carbonyl (C=O) groups is 1. The summed E-state index contributed by atoms with van der Waals surface area (Å²) in [7, 11) is 0. The first-order valence-electron chi connectivity index (χ1n) is 9.01. The highest BCUT2D eigenvalue weighted by Crippen LogP contribution is 2.44. The minimum Gasteiger partial charge on any atom is -0.376 e. The van der Waals surface area contributed by atoms with Gasteiger partial charge in [0.25, 0.3) is 0 Å². The predicted molar refractivity (Wildman–Crippen MR) is 101 cm³/mol. The predicted octanol–water partition coefficient (Wildman–Crippen LogP) is 3.58. The van der Waals surface area contributed by atoms with Crippen LogP contribution in [0.2, 0.25) is 0 Å². The number of ketones is 1. The topological polar surface area (TPSA) is 44.4 Å². The van der Waals surface area contributed by atoms with Crippen LogP contribution in [0.5, 0.6) is 0 Å². The van der Waals surface area contributed by atoms with E-state index in [1.54, 1.807) is 6.92 Å². The van der Waals surface area contributed by atoms with Crippen molar-refractivity contribution in [2.75, 3.05) is 23.3 Å². The maximum Gasteiger partial charge on any atom is 0.131 e. The Labute approximate surface area is 146 Å². The second-order valence-corrected chi connectivity index (χ2v) is 9.04. The lowest BCUT2D eigenvalue weighted by molar-refractivity contribution is -0.116. The molecular weight excluding hydrogens is 298 g/mol. The van der Waals surface area contributed by atoms with Crippen LogP contribution in [0.25, 0.3) is 0 Å². The number of Topliss-reactive ketones (excluding diaryl/α,β-unsaturated/α-hetero) is 1. The van der Waals surface area contributed by atoms with Crippen LogP contribution in [0, 0.1) is 0 Å². The van der Waals surface area contributed by atoms with E-state index in [0.717, 1.165) is 25.9 Å². The molecule has 0 aromatic heterocycles. The van der Waals surface area contributed by atoms with Crippen LogP contribution >= 0.6 is 0 Å². The van der Waals surface area contributed by atoms with Gasteiger partial charge in [-0.15, -0.1) is 0 Å². The molecule has 2 aliphatic heterocycles. The SMILES string of the molecule is CC(=O)CCN1CC2(CC(C)(C)NC(C)(C)C2)Nc2ccccc21. The van der Waals surface area contributed by atoms with E-state index >= 15 is 0 Å². The minimum atomic E-state index is 0.0311. The number of benzene rings is 1. The number of hydrogen-bond donors (Lipinski definition) is 2. The molecule has 1 fully saturated rings. The Morgan fingerprint density at radius 1 is 1.12 bits per heavy atom. The Balaban J connectivity index is 1.95. The molecule has 1 spiro atoms. The van der Waals surface area contributed by atoms with Crippen molar-refractivity contribution in [1.82, 2.24) is 5.32 Å². The Hall–Kier alpha value is -1.55. The van der Waals surface area contributed by atoms with Crippen LogP contribution in [0.15, 0.2) is 24.3 Å². The highest BCUT2D eigenvalue weighted by atomic mass is 16.1. The van der Waals surface area contributed by atoms with Crippen LogP contribution in [-0.4, -0.2) is 35.5 Å². The summed E-state index contributed by atoms with van der Waals surface area (Å²) < 4.78 is 0. The molecule has 0 atom stereocenters. The average molecular weight is 329 g/mol. The average Bonchev–Trinajstić information content (AvgIpc) is 2.40. The van der Waals surface area contributed by atoms with Crippen LogP contribution in [0.4, 0.5) is 11.4 Å². The Bertz CT molecular complexity index is 620. The number of piperidine rings is 1. The standard InChI is InChI=1S/C20H31N3O/c1-15(24)10-11-23-14-20(21-16-8-6-7-9-17(16)23)12-18(2,3)22-19(4,5)13-20/h6-9,21-22H,10-14H2,1-5H3. The summed E-state index contributed by atoms with van der Waals surface area (Å²) in [4.78, 5) is 13.9. The van der Waals surface area contributed by atoms with Gasteiger partial charge in [0.1, 0.15) is 5.78 Å². The Morgan fingerprint density at radius 3 is 2.38 bits per heavy atom. The van der Waals surface area contributed by atoms with Crippen LogP contribution < -0.4 is 15.5 Å². The van der Waals surface area contributed by atoms with Crippen LogP contribution in [-0.2, 0) is 4.79 Å². The zero-order valence-corrected chi connectivity index (χ0v) is 15.7. The van der Waals surface area contributed by atoms with E-state index in [0.29, 0.717) is 6.42 Å². The summed E-state index contributed by atoms with van der Waals surface area (Å²) in [6, 6.07) is 8.49. The molecule has 2 aliphatic rings. The first kappa shape index (κ1) is 17.3. The molecule has 0 amide bonds. The fourth-order valence-electron chi connectivity index (χ4n) is 5.08. The molecule has 4 nitrogen and oxygen atoms in total. The largest absolute Gasteiger partial charge is 0.376 e. The quantitative estimate of drug-likeness (QED) is 0.890. The smallest absolute Gasteiger partial charge is 0.131 e. The lowest BCUT2D eigenvalue weighted by Crippen LogP contribution is -2.69. The van der Waals surface area contributed by atoms with Gasteiger partial charge in [-0.25, -0.2) is 0 Å². The maximum atomic E-state index is 11.5. The lowest BCUT2D eigenvalue weighted by Gasteiger charge is -2.57. The van der Waals surface area contributed by atoms with Crippen molar-refractivity contribution >= 4 is 17.2 Å². The van der Waals surface area contributed by atoms with Crippen LogP contribution in [0.1, 0.15) is 53.9 Å². The van der Waals surface area contributed by atoms with E-state index in [-0.39, 0.29) is 22.4 Å². The molecule has 3 rings (SSSR count). The molecule has 132 valence electrons. The fraction of sp³-hybridized carbons (Fsp3) is 0.650. The highest BCUT2D eigenvalue weighted by molar-refractivity contribution is 5.78. The molecule has 1 aromatic carbocycles. The molecule has 0 unspecified atom stereocenters. The number of fused-ring (bicyclic) bond motifs is 1. The van der Waals surface area contributed by atoms with E-state index in [1.807, 2.05) is 0 Å². The third-order valence-electron chi connectivity index (χ3n) is 5.11. The zero-order chi connectivity index (χ0) is 17.6. The van der Waals surface area contributed by atoms with E-state index in [1.165, 1.54) is 11.4 Å². The van der Waals surface area contributed by atoms with Gasteiger partial charge in [-0.3, -0.25) is 4.79 Å². The number of rotatable bonds is 3. The molecule has 0 saturated carbocycles. The summed E-state index contributed by atoms with van der Waals surface area (Å²) in [6.45, 7) is 12.6. The third kappa shape index (κ3) is 3.59. The van der Waals surface area contributed by atoms with Crippen molar-refractivity contribution < 1.29 is 4.79 Å². The second-order valence-electron chi connectivity index (χ2n) is 9.04. The van der Waals surface area contributed by atoms with Gasteiger partial charge >= 0.3 is 0 Å². The Morgan fingerprint density at radius 2 is 1.75 bits per heavy atom. The van der Waals surface area contributed by atoms with Gasteiger partial charge < -0.3 is 15.5 Å². The molecule has 2 N–H and O–H groups in total. The first-order chi connectivity index (χ1) is 11.1. The molecular formula is C20H31N3O. The summed E-state index contributed by atoms with van der Waals surface area (Å²) >= 11 is 0. The van der Waals surface area contributed by atoms with Crippen molar-refractivity contribution in [2.24, 2.45) is 0 Å². The van der Waals surface area contributed by atoms with Gasteiger partial charge in [-0.05, 0) is 59.6 Å². The fourth-order valence-corrected chi connectivity index (χ4v) is 5.08. The summed E-state index contributed by atoms with van der Waals surface area (Å²) in [5.74, 6) is 0.256. The molecule has 0 bridgehead atoms. The number of carbonyl (C=O) groups excluding carboxylic acids is 1. The zero-order valence-electron chi connectivity index (χ0n) is 15.7. The first-order valence-corrected chi connectivity index (χ1v) is 9.01. The van der Waals surface area contributed by atoms with Crippen molar-refractivity contribution in [3.8, 4) is 0 Å². The second kappa shape index (κ2) is 5.76. The van der Waals surface area contributed by atoms with Gasteiger partial charge in [0, 0.05) is 30.6 Å². The van der Waals surface area contributed by atoms with Gasteiger partial charge in [0.2, 0.25) is 0 Å². The van der Waals surface area contributed by atoms with Gasteiger partial charge in [0.15, 0.2) is 0 Å². The summed E-state index contributed by atoms with van der Waals surface area (Å²) in [5, 5.41) is 7.65. The number of anilines is 2. The highest BCUT2D eigenvalue weighted by Gasteiger charge is 2.49. The van der Waals surface area contributed by atoms with Gasteiger partial charge in [-0.2, -0.15) is 0 Å². The van der Waals surface area contributed by atoms with E-state index in [2.05, 4.69) is 67.5 Å². The molecule has 24 heavy (non-hydrogen) atoms. The molecule has 4 heteroatoms. The molecule has 0 aliphatic carbocycles. The molecule has 0 radical (unpaired) electrons. The third-order valence-corrected chi connectivity index (χ3v) is 5.11. The maximum absolute atomic E-state index is 11.5. The number of hydrogen-bond acceptors (Lipinski definition) is 4. The number of nitrogens with one attached hydrogen (secondary N) is 2. The van der Waals surface area contributed by atoms with E-state index in [4.69, 9.17) is 0 Å². The van der Waals surface area contributed by atoms with Crippen molar-refractivity contribution in [3.05, 3.63) is 24.3 Å². The van der Waals surface area contributed by atoms with Crippen LogP contribution in [0.3, 0.4) is 0 Å². The minimum absolute atomic E-state index is 0.0311. The monoisotopic (exact) mass is 329 g/mol. The van der Waals surface area contributed by atoms with E-state index in [9.17, 15) is 4.79 Å². The summed E-state index contributed by atoms with van der Waals surface area (Å²) in [6.07, 6.45) is 2.73. The van der Waals surface area contributed by atoms with Crippen molar-refractivity contribution in [3.63, 3.8) is 0 Å². The molecule has 1 aromatic rings. The lowest BCUT2D eigenvalue weighted by atomic mass is 9.69. The molecule has 1 saturated heterocycles. The number of para-hydroxylation sites is 2. The van der Waals surface area contributed by atoms with Crippen molar-refractivity contribution in [2.45, 2.75) is 70.5 Å². The normalized spacial score (nSPS) is 23.5. The Kier molecular flexibility index (Phi) is 4.15. The summed E-state index contributed by atoms with van der Waals surface area (Å²) in [5.41, 5.74) is 2.60. The number of nitrogens with zero attached hydrogens (tertiary/aromatic N) is 1. The van der Waals surface area contributed by atoms with Crippen molar-refractivity contribution in [1.29, 1.82) is 0 Å². The van der Waals surface area contributed by atoms with Gasteiger partial charge in [0.05, 0.1) is 16.9 Å². The molecule has 2 heterocycles. The van der Waals surface area contributed by atoms with Gasteiger partial charge in [-0.1, -0.05) is 12.1 Å². The van der Waals surface area contributed by atoms with E-state index < -0.39 is 0 Å².